The van der Waals surface area contributed by atoms with E-state index < -0.39 is 6.04 Å². The standard InChI is InChI=1S/C26H27BrN2O5/c1-5-13-33-20-9-7-16(14-21(20)32-6-2)23-22-24(30)18-15-17(27)8-10-19(18)34-25(22)26(31)29(23)12-11-28(3)4/h5,7-10,14-15,23H,1,6,11-13H2,2-4H3. The summed E-state index contributed by atoms with van der Waals surface area (Å²) >= 11 is 3.43. The molecule has 0 spiro atoms. The van der Waals surface area contributed by atoms with Crippen LogP contribution in [-0.2, 0) is 0 Å². The minimum Gasteiger partial charge on any atom is -0.490 e. The van der Waals surface area contributed by atoms with Gasteiger partial charge in [-0.3, -0.25) is 9.59 Å². The molecule has 3 aromatic rings. The van der Waals surface area contributed by atoms with Gasteiger partial charge in [0.1, 0.15) is 12.2 Å². The molecule has 2 aromatic carbocycles. The molecule has 34 heavy (non-hydrogen) atoms. The number of nitrogens with zero attached hydrogens (tertiary/aromatic N) is 2. The average Bonchev–Trinajstić information content (AvgIpc) is 3.09. The zero-order valence-corrected chi connectivity index (χ0v) is 21.1. The van der Waals surface area contributed by atoms with Crippen molar-refractivity contribution in [1.29, 1.82) is 0 Å². The number of likely N-dealkylation sites (N-methyl/N-ethyl adjacent to an activating group) is 1. The smallest absolute Gasteiger partial charge is 0.290 e. The Hall–Kier alpha value is -3.10. The topological polar surface area (TPSA) is 72.2 Å². The Bertz CT molecular complexity index is 1300. The molecule has 4 rings (SSSR count). The number of ether oxygens (including phenoxy) is 2. The van der Waals surface area contributed by atoms with Gasteiger partial charge in [-0.2, -0.15) is 0 Å². The molecule has 0 bridgehead atoms. The fourth-order valence-electron chi connectivity index (χ4n) is 4.11. The van der Waals surface area contributed by atoms with E-state index in [2.05, 4.69) is 22.5 Å². The molecule has 0 N–H and O–H groups in total. The molecule has 1 aromatic heterocycles. The van der Waals surface area contributed by atoms with Crippen molar-refractivity contribution in [2.75, 3.05) is 40.4 Å². The summed E-state index contributed by atoms with van der Waals surface area (Å²) in [6, 6.07) is 10.1. The van der Waals surface area contributed by atoms with Crippen molar-refractivity contribution in [2.24, 2.45) is 0 Å². The van der Waals surface area contributed by atoms with Crippen LogP contribution in [0.4, 0.5) is 0 Å². The molecular formula is C26H27BrN2O5. The van der Waals surface area contributed by atoms with Crippen LogP contribution in [0.3, 0.4) is 0 Å². The Morgan fingerprint density at radius 3 is 2.65 bits per heavy atom. The molecule has 2 heterocycles. The lowest BCUT2D eigenvalue weighted by molar-refractivity contribution is 0.0716. The predicted octanol–water partition coefficient (Wildman–Crippen LogP) is 4.63. The van der Waals surface area contributed by atoms with E-state index in [0.717, 1.165) is 10.0 Å². The summed E-state index contributed by atoms with van der Waals surface area (Å²) in [4.78, 5) is 30.8. The monoisotopic (exact) mass is 526 g/mol. The molecule has 1 atom stereocenters. The predicted molar refractivity (Wildman–Crippen MR) is 135 cm³/mol. The van der Waals surface area contributed by atoms with Crippen LogP contribution in [0.1, 0.15) is 34.6 Å². The first-order valence-corrected chi connectivity index (χ1v) is 11.9. The minimum absolute atomic E-state index is 0.0912. The first-order chi connectivity index (χ1) is 16.3. The lowest BCUT2D eigenvalue weighted by Gasteiger charge is -2.27. The van der Waals surface area contributed by atoms with Crippen LogP contribution in [0.15, 0.2) is 62.7 Å². The first-order valence-electron chi connectivity index (χ1n) is 11.1. The summed E-state index contributed by atoms with van der Waals surface area (Å²) in [5, 5.41) is 0.427. The third kappa shape index (κ3) is 4.48. The van der Waals surface area contributed by atoms with Crippen molar-refractivity contribution in [2.45, 2.75) is 13.0 Å². The molecule has 7 nitrogen and oxygen atoms in total. The molecule has 178 valence electrons. The van der Waals surface area contributed by atoms with Crippen LogP contribution in [0.2, 0.25) is 0 Å². The first kappa shape index (κ1) is 24.0. The quantitative estimate of drug-likeness (QED) is 0.378. The Labute approximate surface area is 206 Å². The van der Waals surface area contributed by atoms with Gasteiger partial charge >= 0.3 is 0 Å². The molecule has 0 saturated heterocycles. The largest absolute Gasteiger partial charge is 0.490 e. The van der Waals surface area contributed by atoms with Crippen LogP contribution in [0.25, 0.3) is 11.0 Å². The van der Waals surface area contributed by atoms with E-state index in [9.17, 15) is 9.59 Å². The van der Waals surface area contributed by atoms with E-state index in [1.807, 2.05) is 38.1 Å². The van der Waals surface area contributed by atoms with Gasteiger partial charge in [0.25, 0.3) is 5.91 Å². The van der Waals surface area contributed by atoms with Crippen molar-refractivity contribution >= 4 is 32.8 Å². The second-order valence-electron chi connectivity index (χ2n) is 8.26. The Balaban J connectivity index is 1.90. The van der Waals surface area contributed by atoms with Gasteiger partial charge in [0.05, 0.1) is 23.6 Å². The van der Waals surface area contributed by atoms with Gasteiger partial charge in [-0.15, -0.1) is 0 Å². The maximum atomic E-state index is 13.7. The van der Waals surface area contributed by atoms with Gasteiger partial charge < -0.3 is 23.7 Å². The lowest BCUT2D eigenvalue weighted by atomic mass is 9.98. The van der Waals surface area contributed by atoms with E-state index in [1.165, 1.54) is 0 Å². The maximum absolute atomic E-state index is 13.7. The van der Waals surface area contributed by atoms with Crippen LogP contribution in [0, 0.1) is 0 Å². The molecule has 0 fully saturated rings. The van der Waals surface area contributed by atoms with Crippen LogP contribution < -0.4 is 14.9 Å². The molecule has 1 aliphatic heterocycles. The van der Waals surface area contributed by atoms with E-state index in [1.54, 1.807) is 35.2 Å². The molecule has 8 heteroatoms. The van der Waals surface area contributed by atoms with Crippen molar-refractivity contribution in [3.05, 3.63) is 80.6 Å². The van der Waals surface area contributed by atoms with E-state index in [0.29, 0.717) is 54.3 Å². The molecule has 1 aliphatic rings. The summed E-state index contributed by atoms with van der Waals surface area (Å²) in [6.45, 7) is 7.42. The van der Waals surface area contributed by atoms with Gasteiger partial charge in [0.15, 0.2) is 16.9 Å². The molecule has 1 amide bonds. The third-order valence-corrected chi connectivity index (χ3v) is 6.15. The van der Waals surface area contributed by atoms with E-state index in [-0.39, 0.29) is 17.1 Å². The van der Waals surface area contributed by atoms with E-state index >= 15 is 0 Å². The summed E-state index contributed by atoms with van der Waals surface area (Å²) in [5.74, 6) is 0.912. The highest BCUT2D eigenvalue weighted by Gasteiger charge is 2.42. The highest BCUT2D eigenvalue weighted by atomic mass is 79.9. The highest BCUT2D eigenvalue weighted by molar-refractivity contribution is 9.10. The second-order valence-corrected chi connectivity index (χ2v) is 9.17. The third-order valence-electron chi connectivity index (χ3n) is 5.66. The number of hydrogen-bond donors (Lipinski definition) is 0. The zero-order chi connectivity index (χ0) is 24.4. The van der Waals surface area contributed by atoms with Crippen LogP contribution >= 0.6 is 15.9 Å². The number of rotatable bonds is 9. The Kier molecular flexibility index (Phi) is 7.09. The normalized spacial score (nSPS) is 15.1. The van der Waals surface area contributed by atoms with E-state index in [4.69, 9.17) is 13.9 Å². The van der Waals surface area contributed by atoms with Crippen molar-refractivity contribution in [1.82, 2.24) is 9.80 Å². The number of halogens is 1. The molecule has 0 saturated carbocycles. The Morgan fingerprint density at radius 2 is 1.94 bits per heavy atom. The highest BCUT2D eigenvalue weighted by Crippen LogP contribution is 2.41. The SMILES string of the molecule is C=CCOc1ccc(C2c3c(oc4ccc(Br)cc4c3=O)C(=O)N2CCN(C)C)cc1OCC. The van der Waals surface area contributed by atoms with Gasteiger partial charge in [0.2, 0.25) is 5.76 Å². The summed E-state index contributed by atoms with van der Waals surface area (Å²) < 4.78 is 18.3. The summed E-state index contributed by atoms with van der Waals surface area (Å²) in [5.41, 5.74) is 1.27. The van der Waals surface area contributed by atoms with Gasteiger partial charge in [0, 0.05) is 17.6 Å². The molecule has 0 radical (unpaired) electrons. The van der Waals surface area contributed by atoms with Crippen molar-refractivity contribution in [3.63, 3.8) is 0 Å². The van der Waals surface area contributed by atoms with Crippen LogP contribution in [-0.4, -0.2) is 56.1 Å². The van der Waals surface area contributed by atoms with Gasteiger partial charge in [-0.05, 0) is 56.9 Å². The average molecular weight is 527 g/mol. The number of hydrogen-bond acceptors (Lipinski definition) is 6. The number of carbonyl (C=O) groups is 1. The lowest BCUT2D eigenvalue weighted by Crippen LogP contribution is -2.35. The summed E-state index contributed by atoms with van der Waals surface area (Å²) in [6.07, 6.45) is 1.66. The maximum Gasteiger partial charge on any atom is 0.290 e. The fraction of sp³-hybridized carbons (Fsp3) is 0.308. The molecule has 1 unspecified atom stereocenters. The minimum atomic E-state index is -0.602. The molecular weight excluding hydrogens is 500 g/mol. The number of benzene rings is 2. The second kappa shape index (κ2) is 10.0. The number of amides is 1. The van der Waals surface area contributed by atoms with Gasteiger partial charge in [-0.25, -0.2) is 0 Å². The Morgan fingerprint density at radius 1 is 1.15 bits per heavy atom. The van der Waals surface area contributed by atoms with Crippen LogP contribution in [0.5, 0.6) is 11.5 Å². The number of carbonyl (C=O) groups excluding carboxylic acids is 1. The zero-order valence-electron chi connectivity index (χ0n) is 19.5. The van der Waals surface area contributed by atoms with Crippen molar-refractivity contribution < 1.29 is 18.7 Å². The molecule has 0 aliphatic carbocycles. The summed E-state index contributed by atoms with van der Waals surface area (Å²) in [7, 11) is 3.88. The number of fused-ring (bicyclic) bond motifs is 2. The van der Waals surface area contributed by atoms with Crippen molar-refractivity contribution in [3.8, 4) is 11.5 Å². The van der Waals surface area contributed by atoms with Gasteiger partial charge in [-0.1, -0.05) is 34.7 Å². The fourth-order valence-corrected chi connectivity index (χ4v) is 4.47.